The van der Waals surface area contributed by atoms with Crippen molar-refractivity contribution < 1.29 is 27.9 Å². The van der Waals surface area contributed by atoms with Gasteiger partial charge in [-0.3, -0.25) is 0 Å². The molecule has 46 heavy (non-hydrogen) atoms. The van der Waals surface area contributed by atoms with Gasteiger partial charge in [-0.2, -0.15) is 0 Å². The van der Waals surface area contributed by atoms with E-state index in [1.165, 1.54) is 0 Å². The van der Waals surface area contributed by atoms with Crippen molar-refractivity contribution in [2.24, 2.45) is 0 Å². The fourth-order valence-electron chi connectivity index (χ4n) is 4.98. The molecule has 0 radical (unpaired) electrons. The van der Waals surface area contributed by atoms with Gasteiger partial charge in [0.1, 0.15) is 11.3 Å². The molecule has 7 heterocycles. The highest BCUT2D eigenvalue weighted by Gasteiger charge is 2.63. The van der Waals surface area contributed by atoms with E-state index in [4.69, 9.17) is 27.9 Å². The Morgan fingerprint density at radius 3 is 1.35 bits per heavy atom. The number of aromatic nitrogens is 4. The molecular formula is C32H46B3BrN4O6. The van der Waals surface area contributed by atoms with Gasteiger partial charge in [-0.25, -0.2) is 9.97 Å². The van der Waals surface area contributed by atoms with Crippen molar-refractivity contribution in [2.75, 3.05) is 0 Å². The summed E-state index contributed by atoms with van der Waals surface area (Å²) >= 11 is 3.34. The quantitative estimate of drug-likeness (QED) is 0.231. The van der Waals surface area contributed by atoms with Gasteiger partial charge < -0.3 is 37.9 Å². The second-order valence-corrected chi connectivity index (χ2v) is 16.0. The summed E-state index contributed by atoms with van der Waals surface area (Å²) < 4.78 is 36.9. The van der Waals surface area contributed by atoms with Crippen LogP contribution in [0.15, 0.2) is 53.5 Å². The molecule has 4 aromatic heterocycles. The molecular weight excluding hydrogens is 649 g/mol. The van der Waals surface area contributed by atoms with E-state index in [1.54, 1.807) is 12.4 Å². The summed E-state index contributed by atoms with van der Waals surface area (Å²) in [5, 5.41) is 2.21. The first-order valence-electron chi connectivity index (χ1n) is 15.7. The van der Waals surface area contributed by atoms with E-state index in [9.17, 15) is 0 Å². The Hall–Kier alpha value is -2.19. The van der Waals surface area contributed by atoms with Gasteiger partial charge in [-0.15, -0.1) is 0 Å². The normalized spacial score (nSPS) is 23.3. The van der Waals surface area contributed by atoms with Gasteiger partial charge in [0.05, 0.1) is 33.6 Å². The predicted octanol–water partition coefficient (Wildman–Crippen LogP) is 6.44. The predicted molar refractivity (Wildman–Crippen MR) is 188 cm³/mol. The Morgan fingerprint density at radius 1 is 0.543 bits per heavy atom. The molecule has 3 aliphatic heterocycles. The lowest BCUT2D eigenvalue weighted by Gasteiger charge is -2.32. The van der Waals surface area contributed by atoms with Crippen LogP contribution in [0, 0.1) is 0 Å². The summed E-state index contributed by atoms with van der Waals surface area (Å²) in [6.07, 6.45) is 7.34. The highest BCUT2D eigenvalue weighted by atomic mass is 79.9. The van der Waals surface area contributed by atoms with Crippen molar-refractivity contribution in [3.63, 3.8) is 0 Å². The molecule has 3 saturated heterocycles. The first kappa shape index (κ1) is 35.1. The maximum absolute atomic E-state index is 6.00. The molecule has 7 rings (SSSR count). The van der Waals surface area contributed by atoms with Crippen LogP contribution in [0.5, 0.6) is 0 Å². The Balaban J connectivity index is 0.000000142. The number of nitrogens with one attached hydrogen (secondary N) is 2. The topological polar surface area (TPSA) is 113 Å². The highest BCUT2D eigenvalue weighted by Crippen LogP contribution is 2.43. The average molecular weight is 695 g/mol. The lowest BCUT2D eigenvalue weighted by molar-refractivity contribution is 0.00578. The second-order valence-electron chi connectivity index (χ2n) is 15.1. The number of fused-ring (bicyclic) bond motifs is 2. The van der Waals surface area contributed by atoms with Gasteiger partial charge in [-0.1, -0.05) is 0 Å². The van der Waals surface area contributed by atoms with E-state index in [0.717, 1.165) is 32.0 Å². The van der Waals surface area contributed by atoms with E-state index in [2.05, 4.69) is 69.6 Å². The minimum atomic E-state index is -0.476. The van der Waals surface area contributed by atoms with Gasteiger partial charge in [0.25, 0.3) is 0 Å². The Kier molecular flexibility index (Phi) is 9.20. The molecule has 3 fully saturated rings. The van der Waals surface area contributed by atoms with E-state index in [0.29, 0.717) is 0 Å². The van der Waals surface area contributed by atoms with Crippen molar-refractivity contribution in [1.82, 2.24) is 19.9 Å². The number of hydrogen-bond acceptors (Lipinski definition) is 8. The van der Waals surface area contributed by atoms with Crippen LogP contribution in [0.1, 0.15) is 83.1 Å². The van der Waals surface area contributed by atoms with E-state index in [1.807, 2.05) is 86.0 Å². The molecule has 3 aliphatic rings. The summed E-state index contributed by atoms with van der Waals surface area (Å²) in [4.78, 5) is 14.6. The van der Waals surface area contributed by atoms with Gasteiger partial charge in [0.2, 0.25) is 0 Å². The smallest absolute Gasteiger partial charge is 0.405 e. The zero-order valence-electron chi connectivity index (χ0n) is 29.1. The third kappa shape index (κ3) is 6.85. The molecule has 0 spiro atoms. The van der Waals surface area contributed by atoms with Crippen molar-refractivity contribution in [1.29, 1.82) is 0 Å². The summed E-state index contributed by atoms with van der Waals surface area (Å²) in [7, 11) is -1.30. The standard InChI is InChI=1S/C13H17BN2O2.C12H24B2O4.C7H5BrN2/c1-12(2)13(3,4)18-14(17-12)10-7-9-5-6-15-11(9)16-8-10;1-9(2)10(3,4)16-13(15-9)14-17-11(5,6)12(7,8)18-14;8-6-3-5-1-2-9-7(5)10-4-6/h5-8H,1-4H3,(H,15,16);1-8H3;1-4H,(H,9,10). The maximum Gasteiger partial charge on any atom is 0.496 e. The minimum Gasteiger partial charge on any atom is -0.405 e. The Bertz CT molecular complexity index is 1610. The summed E-state index contributed by atoms with van der Waals surface area (Å²) in [6, 6.07) is 8.07. The van der Waals surface area contributed by atoms with Crippen molar-refractivity contribution >= 4 is 64.6 Å². The van der Waals surface area contributed by atoms with Crippen LogP contribution in [-0.4, -0.2) is 74.7 Å². The molecule has 0 bridgehead atoms. The van der Waals surface area contributed by atoms with Crippen LogP contribution < -0.4 is 5.46 Å². The van der Waals surface area contributed by atoms with Crippen LogP contribution in [0.4, 0.5) is 0 Å². The summed E-state index contributed by atoms with van der Waals surface area (Å²) in [5.74, 6) is 0. The van der Waals surface area contributed by atoms with Gasteiger partial charge in [0, 0.05) is 45.5 Å². The SMILES string of the molecule is Brc1cnc2[nH]ccc2c1.CC1(C)OB(B2OC(C)(C)C(C)(C)O2)OC1(C)C.CC1(C)OB(c2cnc3[nH]ccc3c2)OC1(C)C. The molecule has 14 heteroatoms. The lowest BCUT2D eigenvalue weighted by Crippen LogP contribution is -2.41. The molecule has 0 amide bonds. The zero-order valence-corrected chi connectivity index (χ0v) is 30.7. The molecule has 0 saturated carbocycles. The maximum atomic E-state index is 6.00. The molecule has 246 valence electrons. The largest absolute Gasteiger partial charge is 0.496 e. The Labute approximate surface area is 281 Å². The first-order chi connectivity index (χ1) is 21.1. The van der Waals surface area contributed by atoms with Crippen LogP contribution in [-0.2, 0) is 27.9 Å². The minimum absolute atomic E-state index is 0.315. The summed E-state index contributed by atoms with van der Waals surface area (Å²) in [5.41, 5.74) is 0.708. The van der Waals surface area contributed by atoms with Crippen molar-refractivity contribution in [2.45, 2.75) is 117 Å². The number of rotatable bonds is 2. The lowest BCUT2D eigenvalue weighted by atomic mass is 9.49. The molecule has 0 aliphatic carbocycles. The van der Waals surface area contributed by atoms with Crippen LogP contribution >= 0.6 is 15.9 Å². The molecule has 2 N–H and O–H groups in total. The van der Waals surface area contributed by atoms with E-state index in [-0.39, 0.29) is 40.7 Å². The highest BCUT2D eigenvalue weighted by molar-refractivity contribution is 9.10. The fourth-order valence-corrected chi connectivity index (χ4v) is 5.33. The van der Waals surface area contributed by atoms with Crippen molar-refractivity contribution in [3.05, 3.63) is 53.5 Å². The average Bonchev–Trinajstić information content (AvgIpc) is 3.71. The van der Waals surface area contributed by atoms with Gasteiger partial charge in [0.15, 0.2) is 0 Å². The molecule has 10 nitrogen and oxygen atoms in total. The number of aromatic amines is 2. The van der Waals surface area contributed by atoms with E-state index >= 15 is 0 Å². The molecule has 0 aromatic carbocycles. The van der Waals surface area contributed by atoms with E-state index < -0.39 is 14.0 Å². The zero-order chi connectivity index (χ0) is 33.9. The monoisotopic (exact) mass is 694 g/mol. The third-order valence-corrected chi connectivity index (χ3v) is 10.5. The van der Waals surface area contributed by atoms with Gasteiger partial charge >= 0.3 is 21.1 Å². The number of halogens is 1. The number of nitrogens with zero attached hydrogens (tertiary/aromatic N) is 2. The second kappa shape index (κ2) is 12.1. The van der Waals surface area contributed by atoms with Crippen molar-refractivity contribution in [3.8, 4) is 0 Å². The van der Waals surface area contributed by atoms with Crippen LogP contribution in [0.3, 0.4) is 0 Å². The van der Waals surface area contributed by atoms with Crippen LogP contribution in [0.25, 0.3) is 22.1 Å². The first-order valence-corrected chi connectivity index (χ1v) is 16.5. The molecule has 0 atom stereocenters. The summed E-state index contributed by atoms with van der Waals surface area (Å²) in [6.45, 7) is 24.4. The molecule has 4 aromatic rings. The number of hydrogen-bond donors (Lipinski definition) is 2. The fraction of sp³-hybridized carbons (Fsp3) is 0.562. The Morgan fingerprint density at radius 2 is 0.913 bits per heavy atom. The van der Waals surface area contributed by atoms with Gasteiger partial charge in [-0.05, 0) is 123 Å². The molecule has 0 unspecified atom stereocenters. The van der Waals surface area contributed by atoms with Crippen LogP contribution in [0.2, 0.25) is 0 Å². The third-order valence-electron chi connectivity index (χ3n) is 10.1. The number of pyridine rings is 2. The number of H-pyrrole nitrogens is 2.